The molecule has 2 aliphatic heterocycles. The lowest BCUT2D eigenvalue weighted by Crippen LogP contribution is -2.37. The molecule has 0 unspecified atom stereocenters. The van der Waals surface area contributed by atoms with Gasteiger partial charge in [-0.05, 0) is 60.0 Å². The van der Waals surface area contributed by atoms with E-state index in [0.29, 0.717) is 24.8 Å². The van der Waals surface area contributed by atoms with Crippen LogP contribution in [0, 0.1) is 13.8 Å². The van der Waals surface area contributed by atoms with Gasteiger partial charge >= 0.3 is 11.9 Å². The van der Waals surface area contributed by atoms with Gasteiger partial charge in [-0.2, -0.15) is 10.1 Å². The van der Waals surface area contributed by atoms with Crippen LogP contribution in [-0.4, -0.2) is 62.9 Å². The normalized spacial score (nSPS) is 14.0. The number of carbonyl (C=O) groups is 2. The number of aryl methyl sites for hydroxylation is 2. The molecular weight excluding hydrogens is 621 g/mol. The number of benzene rings is 2. The highest BCUT2D eigenvalue weighted by Gasteiger charge is 2.24. The zero-order valence-electron chi connectivity index (χ0n) is 25.6. The van der Waals surface area contributed by atoms with E-state index in [2.05, 4.69) is 20.6 Å². The third-order valence-electron chi connectivity index (χ3n) is 7.40. The second kappa shape index (κ2) is 14.4. The van der Waals surface area contributed by atoms with E-state index < -0.39 is 11.9 Å². The first-order valence-corrected chi connectivity index (χ1v) is 16.7. The Morgan fingerprint density at radius 2 is 1.17 bits per heavy atom. The molecule has 2 N–H and O–H groups in total. The number of hydroxylamine groups is 2. The van der Waals surface area contributed by atoms with E-state index in [9.17, 15) is 9.59 Å². The van der Waals surface area contributed by atoms with Crippen molar-refractivity contribution in [3.05, 3.63) is 94.7 Å². The fraction of sp³-hybridized carbons (Fsp3) is 0.235. The summed E-state index contributed by atoms with van der Waals surface area (Å²) in [7, 11) is 0. The number of amidine groups is 2. The van der Waals surface area contributed by atoms with Crippen LogP contribution >= 0.6 is 22.7 Å². The van der Waals surface area contributed by atoms with Crippen LogP contribution in [0.5, 0.6) is 0 Å². The Kier molecular flexibility index (Phi) is 9.75. The molecule has 0 bridgehead atoms. The Bertz CT molecular complexity index is 1650. The number of rotatable bonds is 12. The molecule has 2 aromatic heterocycles. The first kappa shape index (κ1) is 31.1. The topological polar surface area (TPSA) is 108 Å². The van der Waals surface area contributed by atoms with Crippen molar-refractivity contribution in [2.24, 2.45) is 9.98 Å². The van der Waals surface area contributed by atoms with Gasteiger partial charge in [-0.1, -0.05) is 36.4 Å². The van der Waals surface area contributed by atoms with E-state index >= 15 is 0 Å². The van der Waals surface area contributed by atoms with Crippen molar-refractivity contribution >= 4 is 57.7 Å². The van der Waals surface area contributed by atoms with E-state index in [1.54, 1.807) is 22.7 Å². The van der Waals surface area contributed by atoms with Gasteiger partial charge in [0.25, 0.3) is 0 Å². The molecule has 10 nitrogen and oxygen atoms in total. The lowest BCUT2D eigenvalue weighted by Gasteiger charge is -2.26. The number of thiophene rings is 2. The van der Waals surface area contributed by atoms with Crippen LogP contribution in [0.3, 0.4) is 0 Å². The Hall–Kier alpha value is -4.94. The van der Waals surface area contributed by atoms with Gasteiger partial charge < -0.3 is 20.3 Å². The Morgan fingerprint density at radius 3 is 1.54 bits per heavy atom. The number of nitrogens with zero attached hydrogens (tertiary/aromatic N) is 4. The molecule has 46 heavy (non-hydrogen) atoms. The zero-order valence-corrected chi connectivity index (χ0v) is 27.2. The van der Waals surface area contributed by atoms with Crippen LogP contribution in [0.25, 0.3) is 20.9 Å². The van der Waals surface area contributed by atoms with Crippen LogP contribution in [0.1, 0.15) is 11.1 Å². The number of nitrogens with one attached hydrogen (secondary N) is 2. The second-order valence-corrected chi connectivity index (χ2v) is 12.5. The van der Waals surface area contributed by atoms with Gasteiger partial charge in [0, 0.05) is 46.1 Å². The fourth-order valence-corrected chi connectivity index (χ4v) is 7.02. The van der Waals surface area contributed by atoms with Gasteiger partial charge in [-0.15, -0.1) is 22.7 Å². The van der Waals surface area contributed by atoms with Gasteiger partial charge in [-0.25, -0.2) is 9.59 Å². The van der Waals surface area contributed by atoms with Gasteiger partial charge in [0.1, 0.15) is 24.8 Å². The molecule has 0 fully saturated rings. The molecule has 6 rings (SSSR count). The molecule has 0 saturated heterocycles. The highest BCUT2D eigenvalue weighted by molar-refractivity contribution is 7.14. The molecule has 2 aromatic carbocycles. The lowest BCUT2D eigenvalue weighted by atomic mass is 10.0. The first-order valence-electron chi connectivity index (χ1n) is 14.9. The maximum Gasteiger partial charge on any atom is 0.356 e. The first-order chi connectivity index (χ1) is 22.5. The van der Waals surface area contributed by atoms with Crippen molar-refractivity contribution in [3.63, 3.8) is 0 Å². The second-order valence-electron chi connectivity index (χ2n) is 10.6. The van der Waals surface area contributed by atoms with Crippen LogP contribution in [0.2, 0.25) is 0 Å². The molecule has 236 valence electrons. The van der Waals surface area contributed by atoms with E-state index in [4.69, 9.17) is 9.68 Å². The predicted octanol–water partition coefficient (Wildman–Crippen LogP) is 5.55. The molecule has 12 heteroatoms. The number of hydrogen-bond donors (Lipinski definition) is 2. The van der Waals surface area contributed by atoms with Crippen LogP contribution < -0.4 is 20.8 Å². The summed E-state index contributed by atoms with van der Waals surface area (Å²) in [5, 5.41) is 13.6. The number of aliphatic imine (C=N–C) groups is 2. The minimum absolute atomic E-state index is 0.230. The molecular formula is C34H34N6O4S2. The molecule has 2 aliphatic rings. The highest BCUT2D eigenvalue weighted by atomic mass is 32.1. The van der Waals surface area contributed by atoms with E-state index in [1.807, 2.05) is 85.3 Å². The highest BCUT2D eigenvalue weighted by Crippen LogP contribution is 2.38. The standard InChI is InChI=1S/C34H34N6O4S2/c1-23-7-3-9-25(33(23)27-11-5-19-45-27)39(21-29-35-15-16-36-29)43-31(41)13-14-32(42)44-40(22-30-37-17-18-38-30)26-10-4-8-24(2)34(26)28-12-6-20-46-28/h3-14,19-20H,15-18,21-22H2,1-2H3,(H,35,36)(H,37,38)/b14-13+. The van der Waals surface area contributed by atoms with E-state index in [0.717, 1.165) is 68.6 Å². The molecule has 0 radical (unpaired) electrons. The number of carbonyl (C=O) groups excluding carboxylic acids is 2. The summed E-state index contributed by atoms with van der Waals surface area (Å²) in [5.74, 6) is -0.0167. The average molecular weight is 655 g/mol. The SMILES string of the molecule is Cc1cccc(N(CC2=NCCN2)OC(=O)/C=C/C(=O)ON(CC2=NCCN2)c2cccc(C)c2-c2cccs2)c1-c1cccs1. The maximum absolute atomic E-state index is 13.2. The maximum atomic E-state index is 13.2. The molecule has 0 aliphatic carbocycles. The average Bonchev–Trinajstić information content (AvgIpc) is 3.88. The minimum atomic E-state index is -0.725. The minimum Gasteiger partial charge on any atom is -0.370 e. The zero-order chi connectivity index (χ0) is 31.9. The molecule has 0 amide bonds. The van der Waals surface area contributed by atoms with E-state index in [1.165, 1.54) is 10.1 Å². The third-order valence-corrected chi connectivity index (χ3v) is 9.18. The monoisotopic (exact) mass is 654 g/mol. The summed E-state index contributed by atoms with van der Waals surface area (Å²) in [6.07, 6.45) is 2.17. The van der Waals surface area contributed by atoms with E-state index in [-0.39, 0.29) is 13.1 Å². The molecule has 0 spiro atoms. The van der Waals surface area contributed by atoms with Gasteiger partial charge in [0.15, 0.2) is 0 Å². The van der Waals surface area contributed by atoms with Crippen molar-refractivity contribution in [1.82, 2.24) is 10.6 Å². The van der Waals surface area contributed by atoms with Crippen LogP contribution in [0.15, 0.2) is 93.6 Å². The van der Waals surface area contributed by atoms with Gasteiger partial charge in [0.05, 0.1) is 24.5 Å². The molecule has 4 aromatic rings. The van der Waals surface area contributed by atoms with Crippen molar-refractivity contribution in [2.75, 3.05) is 49.4 Å². The molecule has 0 saturated carbocycles. The number of anilines is 2. The summed E-state index contributed by atoms with van der Waals surface area (Å²) in [6.45, 7) is 7.27. The summed E-state index contributed by atoms with van der Waals surface area (Å²) in [4.78, 5) is 49.3. The molecule has 4 heterocycles. The van der Waals surface area contributed by atoms with Crippen molar-refractivity contribution in [1.29, 1.82) is 0 Å². The Morgan fingerprint density at radius 1 is 0.717 bits per heavy atom. The summed E-state index contributed by atoms with van der Waals surface area (Å²) >= 11 is 3.22. The summed E-state index contributed by atoms with van der Waals surface area (Å²) in [6, 6.07) is 19.8. The van der Waals surface area contributed by atoms with Crippen molar-refractivity contribution in [3.8, 4) is 20.9 Å². The quantitative estimate of drug-likeness (QED) is 0.151. The smallest absolute Gasteiger partial charge is 0.356 e. The summed E-state index contributed by atoms with van der Waals surface area (Å²) < 4.78 is 0. The van der Waals surface area contributed by atoms with Crippen molar-refractivity contribution in [2.45, 2.75) is 13.8 Å². The van der Waals surface area contributed by atoms with Gasteiger partial charge in [0.2, 0.25) is 0 Å². The van der Waals surface area contributed by atoms with Crippen LogP contribution in [-0.2, 0) is 19.3 Å². The van der Waals surface area contributed by atoms with Crippen molar-refractivity contribution < 1.29 is 19.3 Å². The third kappa shape index (κ3) is 7.30. The lowest BCUT2D eigenvalue weighted by molar-refractivity contribution is -0.141. The largest absolute Gasteiger partial charge is 0.370 e. The number of hydrogen-bond acceptors (Lipinski definition) is 12. The fourth-order valence-electron chi connectivity index (χ4n) is 5.33. The summed E-state index contributed by atoms with van der Waals surface area (Å²) in [5.41, 5.74) is 5.46. The predicted molar refractivity (Wildman–Crippen MR) is 186 cm³/mol. The Labute approximate surface area is 275 Å². The van der Waals surface area contributed by atoms with Gasteiger partial charge in [-0.3, -0.25) is 9.98 Å². The Balaban J connectivity index is 1.22. The van der Waals surface area contributed by atoms with Crippen LogP contribution in [0.4, 0.5) is 11.4 Å². The molecule has 0 atom stereocenters.